The molecule has 0 aliphatic carbocycles. The number of rotatable bonds is 14. The molecule has 5 N–H and O–H groups in total. The molecule has 0 bridgehead atoms. The number of benzene rings is 2. The van der Waals surface area contributed by atoms with Crippen LogP contribution in [0.3, 0.4) is 0 Å². The van der Waals surface area contributed by atoms with Gasteiger partial charge in [-0.2, -0.15) is 0 Å². The number of nitrogens with one attached hydrogen (secondary N) is 1. The Labute approximate surface area is 250 Å². The monoisotopic (exact) mass is 603 g/mol. The molecule has 0 saturated carbocycles. The minimum Gasteiger partial charge on any atom is -0.394 e. The minimum atomic E-state index is -1.67. The van der Waals surface area contributed by atoms with Crippen molar-refractivity contribution in [1.82, 2.24) is 5.32 Å². The van der Waals surface area contributed by atoms with Gasteiger partial charge in [0.1, 0.15) is 48.8 Å². The minimum absolute atomic E-state index is 0.0110. The van der Waals surface area contributed by atoms with Crippen molar-refractivity contribution < 1.29 is 53.6 Å². The van der Waals surface area contributed by atoms with E-state index in [0.717, 1.165) is 11.1 Å². The van der Waals surface area contributed by atoms with Crippen LogP contribution in [-0.4, -0.2) is 108 Å². The van der Waals surface area contributed by atoms with Gasteiger partial charge >= 0.3 is 0 Å². The number of carbonyl (C=O) groups is 1. The zero-order valence-electron chi connectivity index (χ0n) is 24.0. The lowest BCUT2D eigenvalue weighted by Crippen LogP contribution is -2.68. The topological polar surface area (TPSA) is 165 Å². The molecule has 1 amide bonds. The Balaban J connectivity index is 1.63. The normalized spacial score (nSPS) is 32.7. The molecule has 0 unspecified atom stereocenters. The highest BCUT2D eigenvalue weighted by Gasteiger charge is 2.52. The third kappa shape index (κ3) is 8.89. The highest BCUT2D eigenvalue weighted by molar-refractivity contribution is 5.73. The number of aliphatic hydroxyl groups excluding tert-OH is 4. The second-order valence-electron chi connectivity index (χ2n) is 10.5. The molecule has 43 heavy (non-hydrogen) atoms. The van der Waals surface area contributed by atoms with Crippen LogP contribution in [0.4, 0.5) is 0 Å². The second kappa shape index (κ2) is 16.4. The van der Waals surface area contributed by atoms with E-state index < -0.39 is 68.0 Å². The molecule has 2 aliphatic heterocycles. The summed E-state index contributed by atoms with van der Waals surface area (Å²) in [7, 11) is 0. The van der Waals surface area contributed by atoms with Crippen LogP contribution in [0.5, 0.6) is 0 Å². The van der Waals surface area contributed by atoms with Crippen molar-refractivity contribution in [2.75, 3.05) is 19.8 Å². The number of hydrogen-bond donors (Lipinski definition) is 5. The van der Waals surface area contributed by atoms with E-state index in [1.165, 1.54) is 13.0 Å². The lowest BCUT2D eigenvalue weighted by molar-refractivity contribution is -0.352. The van der Waals surface area contributed by atoms with E-state index in [4.69, 9.17) is 28.4 Å². The molecule has 2 aliphatic rings. The van der Waals surface area contributed by atoms with Crippen LogP contribution in [-0.2, 0) is 46.4 Å². The van der Waals surface area contributed by atoms with Gasteiger partial charge < -0.3 is 54.2 Å². The summed E-state index contributed by atoms with van der Waals surface area (Å²) >= 11 is 0. The lowest BCUT2D eigenvalue weighted by atomic mass is 9.95. The fourth-order valence-electron chi connectivity index (χ4n) is 5.06. The van der Waals surface area contributed by atoms with Crippen molar-refractivity contribution in [3.63, 3.8) is 0 Å². The van der Waals surface area contributed by atoms with Crippen LogP contribution in [0.1, 0.15) is 18.1 Å². The van der Waals surface area contributed by atoms with Gasteiger partial charge in [-0.1, -0.05) is 66.7 Å². The largest absolute Gasteiger partial charge is 0.394 e. The summed E-state index contributed by atoms with van der Waals surface area (Å²) in [5.41, 5.74) is 1.81. The summed E-state index contributed by atoms with van der Waals surface area (Å²) < 4.78 is 36.5. The summed E-state index contributed by atoms with van der Waals surface area (Å²) in [4.78, 5) is 12.4. The van der Waals surface area contributed by atoms with E-state index in [9.17, 15) is 25.2 Å². The quantitative estimate of drug-likeness (QED) is 0.190. The van der Waals surface area contributed by atoms with Crippen LogP contribution >= 0.6 is 0 Å². The fraction of sp³-hybridized carbons (Fsp3) is 0.516. The molecule has 0 radical (unpaired) electrons. The second-order valence-corrected chi connectivity index (χ2v) is 10.5. The molecule has 2 saturated heterocycles. The van der Waals surface area contributed by atoms with E-state index in [2.05, 4.69) is 11.9 Å². The van der Waals surface area contributed by atoms with Gasteiger partial charge in [-0.05, 0) is 11.1 Å². The summed E-state index contributed by atoms with van der Waals surface area (Å²) in [5, 5.41) is 43.9. The number of ether oxygens (including phenoxy) is 6. The summed E-state index contributed by atoms with van der Waals surface area (Å²) in [6.45, 7) is 4.94. The van der Waals surface area contributed by atoms with Crippen molar-refractivity contribution in [3.8, 4) is 0 Å². The van der Waals surface area contributed by atoms with Crippen molar-refractivity contribution in [2.24, 2.45) is 0 Å². The molecule has 2 aromatic rings. The third-order valence-electron chi connectivity index (χ3n) is 7.21. The van der Waals surface area contributed by atoms with Gasteiger partial charge in [-0.3, -0.25) is 4.79 Å². The Hall–Kier alpha value is -2.75. The molecule has 4 rings (SSSR count). The van der Waals surface area contributed by atoms with Crippen LogP contribution < -0.4 is 5.32 Å². The summed E-state index contributed by atoms with van der Waals surface area (Å²) in [6.07, 6.45) is -9.91. The van der Waals surface area contributed by atoms with Gasteiger partial charge in [0.05, 0.1) is 33.0 Å². The molecule has 2 fully saturated rings. The maximum Gasteiger partial charge on any atom is 0.217 e. The number of carbonyl (C=O) groups excluding carboxylic acids is 1. The lowest BCUT2D eigenvalue weighted by Gasteiger charge is -2.48. The Morgan fingerprint density at radius 3 is 2.09 bits per heavy atom. The van der Waals surface area contributed by atoms with Crippen LogP contribution in [0.15, 0.2) is 73.3 Å². The number of amides is 1. The van der Waals surface area contributed by atoms with Gasteiger partial charge in [-0.25, -0.2) is 0 Å². The summed E-state index contributed by atoms with van der Waals surface area (Å²) in [5.74, 6) is -0.375. The van der Waals surface area contributed by atoms with Crippen LogP contribution in [0.2, 0.25) is 0 Å². The van der Waals surface area contributed by atoms with E-state index in [-0.39, 0.29) is 32.3 Å². The van der Waals surface area contributed by atoms with E-state index in [1.54, 1.807) is 0 Å². The van der Waals surface area contributed by atoms with Gasteiger partial charge in [0.2, 0.25) is 5.91 Å². The SMILES string of the molecule is C=CCO[C@@H]1[C@@H](NC(C)=O)[C@@H](OCc2ccccc2)O[C@H](COCc2ccccc2)[C@H]1O[C@@H]1O[C@H](CO)[C@H](O)[C@H](O)[C@H]1O. The molecular weight excluding hydrogens is 562 g/mol. The van der Waals surface area contributed by atoms with E-state index in [0.29, 0.717) is 0 Å². The smallest absolute Gasteiger partial charge is 0.217 e. The predicted molar refractivity (Wildman–Crippen MR) is 152 cm³/mol. The molecule has 236 valence electrons. The average Bonchev–Trinajstić information content (AvgIpc) is 3.01. The first kappa shape index (κ1) is 33.1. The van der Waals surface area contributed by atoms with Crippen molar-refractivity contribution >= 4 is 5.91 Å². The Bertz CT molecular complexity index is 1120. The van der Waals surface area contributed by atoms with Gasteiger partial charge in [0, 0.05) is 6.92 Å². The van der Waals surface area contributed by atoms with E-state index in [1.807, 2.05) is 60.7 Å². The molecule has 0 aromatic heterocycles. The Morgan fingerprint density at radius 1 is 0.860 bits per heavy atom. The molecule has 2 heterocycles. The highest BCUT2D eigenvalue weighted by atomic mass is 16.7. The average molecular weight is 604 g/mol. The van der Waals surface area contributed by atoms with E-state index >= 15 is 0 Å². The fourth-order valence-corrected chi connectivity index (χ4v) is 5.06. The first-order chi connectivity index (χ1) is 20.8. The maximum atomic E-state index is 12.4. The maximum absolute atomic E-state index is 12.4. The standard InChI is InChI=1S/C31H41NO11/c1-3-14-39-29-24(32-19(2)34)30(40-17-21-12-8-5-9-13-21)42-23(18-38-16-20-10-6-4-7-11-20)28(29)43-31-27(37)26(36)25(35)22(15-33)41-31/h3-13,22-31,33,35-37H,1,14-18H2,2H3,(H,32,34)/t22-,23-,24-,25+,26+,27-,28-,29-,30+,31+/m1/s1. The molecule has 10 atom stereocenters. The van der Waals surface area contributed by atoms with Crippen molar-refractivity contribution in [1.29, 1.82) is 0 Å². The Morgan fingerprint density at radius 2 is 1.49 bits per heavy atom. The first-order valence-electron chi connectivity index (χ1n) is 14.2. The molecule has 12 nitrogen and oxygen atoms in total. The predicted octanol–water partition coefficient (Wildman–Crippen LogP) is 0.406. The van der Waals surface area contributed by atoms with Crippen LogP contribution in [0, 0.1) is 0 Å². The highest BCUT2D eigenvalue weighted by Crippen LogP contribution is 2.32. The summed E-state index contributed by atoms with van der Waals surface area (Å²) in [6, 6.07) is 18.1. The van der Waals surface area contributed by atoms with Gasteiger partial charge in [0.25, 0.3) is 0 Å². The molecule has 2 aromatic carbocycles. The first-order valence-corrected chi connectivity index (χ1v) is 14.2. The molecule has 12 heteroatoms. The number of aliphatic hydroxyl groups is 4. The number of hydrogen-bond acceptors (Lipinski definition) is 11. The van der Waals surface area contributed by atoms with Crippen LogP contribution in [0.25, 0.3) is 0 Å². The van der Waals surface area contributed by atoms with Crippen molar-refractivity contribution in [2.45, 2.75) is 81.5 Å². The third-order valence-corrected chi connectivity index (χ3v) is 7.21. The molecular formula is C31H41NO11. The molecule has 0 spiro atoms. The zero-order chi connectivity index (χ0) is 30.8. The van der Waals surface area contributed by atoms with Crippen molar-refractivity contribution in [3.05, 3.63) is 84.4 Å². The van der Waals surface area contributed by atoms with Gasteiger partial charge in [-0.15, -0.1) is 6.58 Å². The van der Waals surface area contributed by atoms with Gasteiger partial charge in [0.15, 0.2) is 12.6 Å². The Kier molecular flexibility index (Phi) is 12.6. The zero-order valence-corrected chi connectivity index (χ0v) is 24.0.